The average Bonchev–Trinajstić information content (AvgIpc) is 2.37. The summed E-state index contributed by atoms with van der Waals surface area (Å²) in [6, 6.07) is 7.43. The van der Waals surface area contributed by atoms with Crippen LogP contribution in [0.5, 0.6) is 5.75 Å². The van der Waals surface area contributed by atoms with E-state index in [1.165, 1.54) is 18.2 Å². The summed E-state index contributed by atoms with van der Waals surface area (Å²) in [5, 5.41) is 11.0. The van der Waals surface area contributed by atoms with E-state index in [9.17, 15) is 10.1 Å². The van der Waals surface area contributed by atoms with Gasteiger partial charge < -0.3 is 10.5 Å². The highest BCUT2D eigenvalue weighted by molar-refractivity contribution is 6.32. The highest BCUT2D eigenvalue weighted by atomic mass is 35.5. The zero-order valence-corrected chi connectivity index (χ0v) is 10.5. The third-order valence-electron chi connectivity index (χ3n) is 2.37. The molecule has 0 aliphatic heterocycles. The number of nitrogens with zero attached hydrogens (tertiary/aromatic N) is 2. The van der Waals surface area contributed by atoms with E-state index >= 15 is 0 Å². The average molecular weight is 280 g/mol. The first-order valence-electron chi connectivity index (χ1n) is 5.33. The second-order valence-electron chi connectivity index (χ2n) is 3.75. The quantitative estimate of drug-likeness (QED) is 0.686. The molecule has 0 saturated carbocycles. The van der Waals surface area contributed by atoms with Gasteiger partial charge in [0.2, 0.25) is 0 Å². The molecule has 0 atom stereocenters. The Labute approximate surface area is 113 Å². The maximum atomic E-state index is 10.7. The summed E-state index contributed by atoms with van der Waals surface area (Å²) in [6.07, 6.45) is 1.56. The molecule has 1 aromatic carbocycles. The van der Waals surface area contributed by atoms with Crippen LogP contribution in [0.25, 0.3) is 0 Å². The van der Waals surface area contributed by atoms with Gasteiger partial charge in [0.15, 0.2) is 0 Å². The molecular formula is C12H10ClN3O3. The molecule has 2 N–H and O–H groups in total. The number of nitro groups is 1. The normalized spacial score (nSPS) is 10.2. The van der Waals surface area contributed by atoms with E-state index in [0.717, 1.165) is 5.56 Å². The molecule has 6 nitrogen and oxygen atoms in total. The van der Waals surface area contributed by atoms with Gasteiger partial charge in [-0.3, -0.25) is 10.1 Å². The lowest BCUT2D eigenvalue weighted by molar-refractivity contribution is -0.384. The lowest BCUT2D eigenvalue weighted by Gasteiger charge is -2.08. The molecule has 0 spiro atoms. The van der Waals surface area contributed by atoms with E-state index in [-0.39, 0.29) is 18.0 Å². The number of anilines is 1. The minimum Gasteiger partial charge on any atom is -0.487 e. The Kier molecular flexibility index (Phi) is 3.82. The van der Waals surface area contributed by atoms with E-state index in [4.69, 9.17) is 22.1 Å². The van der Waals surface area contributed by atoms with Gasteiger partial charge in [-0.1, -0.05) is 11.6 Å². The molecule has 1 aromatic heterocycles. The molecule has 0 aliphatic rings. The monoisotopic (exact) mass is 279 g/mol. The zero-order valence-electron chi connectivity index (χ0n) is 9.75. The van der Waals surface area contributed by atoms with E-state index in [0.29, 0.717) is 10.8 Å². The Morgan fingerprint density at radius 3 is 2.84 bits per heavy atom. The Bertz CT molecular complexity index is 619. The van der Waals surface area contributed by atoms with E-state index in [1.807, 2.05) is 0 Å². The number of hydrogen-bond acceptors (Lipinski definition) is 5. The van der Waals surface area contributed by atoms with Crippen LogP contribution in [-0.2, 0) is 6.61 Å². The summed E-state index contributed by atoms with van der Waals surface area (Å²) >= 11 is 5.91. The van der Waals surface area contributed by atoms with Crippen molar-refractivity contribution in [3.63, 3.8) is 0 Å². The highest BCUT2D eigenvalue weighted by Crippen LogP contribution is 2.29. The number of non-ortho nitro benzene ring substituents is 1. The number of nitrogens with two attached hydrogens (primary N) is 1. The first kappa shape index (κ1) is 13.1. The second kappa shape index (κ2) is 5.53. The predicted molar refractivity (Wildman–Crippen MR) is 71.1 cm³/mol. The van der Waals surface area contributed by atoms with Gasteiger partial charge in [-0.25, -0.2) is 4.98 Å². The fourth-order valence-corrected chi connectivity index (χ4v) is 1.63. The van der Waals surface area contributed by atoms with E-state index in [1.54, 1.807) is 18.3 Å². The van der Waals surface area contributed by atoms with E-state index in [2.05, 4.69) is 4.98 Å². The number of nitro benzene ring substituents is 1. The van der Waals surface area contributed by atoms with Crippen LogP contribution in [0.2, 0.25) is 5.02 Å². The van der Waals surface area contributed by atoms with Crippen molar-refractivity contribution in [2.24, 2.45) is 0 Å². The lowest BCUT2D eigenvalue weighted by Crippen LogP contribution is -1.99. The zero-order chi connectivity index (χ0) is 13.8. The number of nitrogen functional groups attached to an aromatic ring is 1. The number of aromatic nitrogens is 1. The van der Waals surface area contributed by atoms with Gasteiger partial charge in [0.05, 0.1) is 16.0 Å². The summed E-state index contributed by atoms with van der Waals surface area (Å²) in [4.78, 5) is 14.0. The summed E-state index contributed by atoms with van der Waals surface area (Å²) in [5.41, 5.74) is 6.26. The number of benzene rings is 1. The minimum atomic E-state index is -0.506. The van der Waals surface area contributed by atoms with Crippen molar-refractivity contribution in [1.29, 1.82) is 0 Å². The summed E-state index contributed by atoms with van der Waals surface area (Å²) < 4.78 is 5.45. The molecule has 19 heavy (non-hydrogen) atoms. The number of ether oxygens (including phenoxy) is 1. The Morgan fingerprint density at radius 1 is 1.37 bits per heavy atom. The molecule has 2 aromatic rings. The van der Waals surface area contributed by atoms with Crippen LogP contribution in [0.15, 0.2) is 36.5 Å². The van der Waals surface area contributed by atoms with Crippen molar-refractivity contribution < 1.29 is 9.66 Å². The Hall–Kier alpha value is -2.34. The molecule has 7 heteroatoms. The van der Waals surface area contributed by atoms with Crippen LogP contribution in [-0.4, -0.2) is 9.91 Å². The molecule has 0 saturated heterocycles. The van der Waals surface area contributed by atoms with Gasteiger partial charge in [0.1, 0.15) is 18.2 Å². The van der Waals surface area contributed by atoms with Gasteiger partial charge in [-0.05, 0) is 23.8 Å². The molecule has 0 radical (unpaired) electrons. The van der Waals surface area contributed by atoms with Crippen molar-refractivity contribution in [3.8, 4) is 5.75 Å². The third-order valence-corrected chi connectivity index (χ3v) is 2.68. The van der Waals surface area contributed by atoms with Crippen LogP contribution >= 0.6 is 11.6 Å². The molecule has 2 rings (SSSR count). The van der Waals surface area contributed by atoms with Crippen molar-refractivity contribution in [1.82, 2.24) is 4.98 Å². The molecule has 0 amide bonds. The first-order valence-corrected chi connectivity index (χ1v) is 5.71. The van der Waals surface area contributed by atoms with Crippen molar-refractivity contribution in [2.75, 3.05) is 5.73 Å². The largest absolute Gasteiger partial charge is 0.487 e. The number of hydrogen-bond donors (Lipinski definition) is 1. The van der Waals surface area contributed by atoms with Gasteiger partial charge in [0.25, 0.3) is 5.69 Å². The van der Waals surface area contributed by atoms with Crippen molar-refractivity contribution in [2.45, 2.75) is 6.61 Å². The smallest absolute Gasteiger partial charge is 0.273 e. The SMILES string of the molecule is Nc1cc(COc2cc([N+](=O)[O-])ccc2Cl)ccn1. The molecule has 0 unspecified atom stereocenters. The van der Waals surface area contributed by atoms with Crippen LogP contribution in [0.3, 0.4) is 0 Å². The van der Waals surface area contributed by atoms with Gasteiger partial charge in [0, 0.05) is 12.3 Å². The standard InChI is InChI=1S/C12H10ClN3O3/c13-10-2-1-9(16(17)18)6-11(10)19-7-8-3-4-15-12(14)5-8/h1-6H,7H2,(H2,14,15). The highest BCUT2D eigenvalue weighted by Gasteiger charge is 2.10. The van der Waals surface area contributed by atoms with Crippen LogP contribution in [0.1, 0.15) is 5.56 Å². The maximum absolute atomic E-state index is 10.7. The van der Waals surface area contributed by atoms with Gasteiger partial charge >= 0.3 is 0 Å². The molecule has 0 aliphatic carbocycles. The molecule has 0 fully saturated rings. The second-order valence-corrected chi connectivity index (χ2v) is 4.16. The lowest BCUT2D eigenvalue weighted by atomic mass is 10.2. The minimum absolute atomic E-state index is 0.0753. The Morgan fingerprint density at radius 2 is 2.16 bits per heavy atom. The predicted octanol–water partition coefficient (Wildman–Crippen LogP) is 2.80. The van der Waals surface area contributed by atoms with Crippen LogP contribution in [0, 0.1) is 10.1 Å². The molecule has 98 valence electrons. The van der Waals surface area contributed by atoms with Gasteiger partial charge in [-0.2, -0.15) is 0 Å². The Balaban J connectivity index is 2.15. The molecule has 1 heterocycles. The van der Waals surface area contributed by atoms with Crippen LogP contribution in [0.4, 0.5) is 11.5 Å². The number of pyridine rings is 1. The topological polar surface area (TPSA) is 91.3 Å². The van der Waals surface area contributed by atoms with E-state index < -0.39 is 4.92 Å². The summed E-state index contributed by atoms with van der Waals surface area (Å²) in [5.74, 6) is 0.637. The molecular weight excluding hydrogens is 270 g/mol. The summed E-state index contributed by atoms with van der Waals surface area (Å²) in [7, 11) is 0. The van der Waals surface area contributed by atoms with Crippen LogP contribution < -0.4 is 10.5 Å². The summed E-state index contributed by atoms with van der Waals surface area (Å²) in [6.45, 7) is 0.202. The van der Waals surface area contributed by atoms with Crippen molar-refractivity contribution >= 4 is 23.1 Å². The molecule has 0 bridgehead atoms. The fourth-order valence-electron chi connectivity index (χ4n) is 1.46. The number of rotatable bonds is 4. The van der Waals surface area contributed by atoms with Gasteiger partial charge in [-0.15, -0.1) is 0 Å². The maximum Gasteiger partial charge on any atom is 0.273 e. The first-order chi connectivity index (χ1) is 9.06. The number of halogens is 1. The fraction of sp³-hybridized carbons (Fsp3) is 0.0833. The van der Waals surface area contributed by atoms with Crippen molar-refractivity contribution in [3.05, 3.63) is 57.2 Å². The third kappa shape index (κ3) is 3.32.